The molecule has 6 nitrogen and oxygen atoms in total. The van der Waals surface area contributed by atoms with Gasteiger partial charge in [0.15, 0.2) is 0 Å². The highest BCUT2D eigenvalue weighted by Gasteiger charge is 2.38. The van der Waals surface area contributed by atoms with Crippen molar-refractivity contribution in [2.45, 2.75) is 13.5 Å². The smallest absolute Gasteiger partial charge is 0.228 e. The van der Waals surface area contributed by atoms with Crippen LogP contribution in [0.1, 0.15) is 12.6 Å². The fourth-order valence-corrected chi connectivity index (χ4v) is 1.36. The summed E-state index contributed by atoms with van der Waals surface area (Å²) < 4.78 is 0. The lowest BCUT2D eigenvalue weighted by Crippen LogP contribution is -2.59. The van der Waals surface area contributed by atoms with E-state index in [9.17, 15) is 4.79 Å². The number of aromatic amines is 1. The summed E-state index contributed by atoms with van der Waals surface area (Å²) in [7, 11) is 0. The van der Waals surface area contributed by atoms with Gasteiger partial charge in [0.1, 0.15) is 5.69 Å². The van der Waals surface area contributed by atoms with Gasteiger partial charge in [-0.25, -0.2) is 0 Å². The summed E-state index contributed by atoms with van der Waals surface area (Å²) in [5.74, 6) is 0.0688. The van der Waals surface area contributed by atoms with E-state index in [0.717, 1.165) is 18.8 Å². The molecule has 0 radical (unpaired) electrons. The summed E-state index contributed by atoms with van der Waals surface area (Å²) in [6.07, 6.45) is 1.60. The minimum absolute atomic E-state index is 0.0688. The van der Waals surface area contributed by atoms with Gasteiger partial charge in [-0.15, -0.1) is 0 Å². The van der Waals surface area contributed by atoms with Crippen LogP contribution < -0.4 is 10.6 Å². The Labute approximate surface area is 81.5 Å². The van der Waals surface area contributed by atoms with Gasteiger partial charge < -0.3 is 10.6 Å². The van der Waals surface area contributed by atoms with Crippen molar-refractivity contribution < 1.29 is 4.79 Å². The van der Waals surface area contributed by atoms with E-state index in [-0.39, 0.29) is 11.3 Å². The second-order valence-electron chi connectivity index (χ2n) is 3.81. The summed E-state index contributed by atoms with van der Waals surface area (Å²) in [5.41, 5.74) is 0.498. The molecule has 6 heteroatoms. The molecular formula is C8H13N5O. The van der Waals surface area contributed by atoms with Gasteiger partial charge in [0.2, 0.25) is 5.91 Å². The van der Waals surface area contributed by atoms with Crippen LogP contribution in [0, 0.1) is 5.41 Å². The van der Waals surface area contributed by atoms with Crippen molar-refractivity contribution in [3.63, 3.8) is 0 Å². The van der Waals surface area contributed by atoms with Crippen LogP contribution in [-0.2, 0) is 11.3 Å². The zero-order valence-electron chi connectivity index (χ0n) is 8.00. The lowest BCUT2D eigenvalue weighted by atomic mass is 9.83. The molecule has 1 aliphatic heterocycles. The Kier molecular flexibility index (Phi) is 2.20. The summed E-state index contributed by atoms with van der Waals surface area (Å²) in [5, 5.41) is 15.9. The number of rotatable bonds is 3. The normalized spacial score (nSPS) is 18.6. The van der Waals surface area contributed by atoms with E-state index in [4.69, 9.17) is 0 Å². The van der Waals surface area contributed by atoms with Crippen molar-refractivity contribution >= 4 is 5.91 Å². The van der Waals surface area contributed by atoms with Crippen LogP contribution in [0.5, 0.6) is 0 Å². The molecule has 1 amide bonds. The molecule has 0 unspecified atom stereocenters. The highest BCUT2D eigenvalue weighted by molar-refractivity contribution is 5.83. The molecule has 0 atom stereocenters. The highest BCUT2D eigenvalue weighted by atomic mass is 16.2. The Morgan fingerprint density at radius 3 is 3.00 bits per heavy atom. The zero-order valence-corrected chi connectivity index (χ0v) is 8.00. The van der Waals surface area contributed by atoms with E-state index in [1.165, 1.54) is 0 Å². The maximum absolute atomic E-state index is 11.6. The van der Waals surface area contributed by atoms with Gasteiger partial charge in [-0.05, 0) is 6.92 Å². The number of aromatic nitrogens is 3. The molecule has 2 heterocycles. The van der Waals surface area contributed by atoms with E-state index in [1.807, 2.05) is 6.92 Å². The third kappa shape index (κ3) is 1.60. The Balaban J connectivity index is 1.84. The number of nitrogens with one attached hydrogen (secondary N) is 3. The lowest BCUT2D eigenvalue weighted by Gasteiger charge is -2.37. The van der Waals surface area contributed by atoms with Gasteiger partial charge in [0, 0.05) is 13.1 Å². The maximum atomic E-state index is 11.6. The standard InChI is InChI=1S/C8H13N5O/c1-8(4-9-5-8)7(14)10-2-6-3-11-13-12-6/h3,9H,2,4-5H2,1H3,(H,10,14)(H,11,12,13). The Bertz CT molecular complexity index is 316. The first-order chi connectivity index (χ1) is 6.71. The molecule has 3 N–H and O–H groups in total. The van der Waals surface area contributed by atoms with Gasteiger partial charge in [-0.2, -0.15) is 15.4 Å². The van der Waals surface area contributed by atoms with Crippen molar-refractivity contribution in [2.24, 2.45) is 5.41 Å². The molecule has 0 bridgehead atoms. The van der Waals surface area contributed by atoms with Crippen molar-refractivity contribution in [1.82, 2.24) is 26.0 Å². The predicted octanol–water partition coefficient (Wildman–Crippen LogP) is -0.970. The molecule has 0 spiro atoms. The van der Waals surface area contributed by atoms with Gasteiger partial charge in [0.05, 0.1) is 18.2 Å². The number of carbonyl (C=O) groups excluding carboxylic acids is 1. The molecule has 1 fully saturated rings. The van der Waals surface area contributed by atoms with E-state index in [1.54, 1.807) is 6.20 Å². The first kappa shape index (κ1) is 9.14. The molecule has 1 aliphatic rings. The van der Waals surface area contributed by atoms with Crippen LogP contribution in [0.25, 0.3) is 0 Å². The van der Waals surface area contributed by atoms with Crippen molar-refractivity contribution in [3.8, 4) is 0 Å². The Hall–Kier alpha value is -1.43. The molecule has 1 aromatic heterocycles. The summed E-state index contributed by atoms with van der Waals surface area (Å²) >= 11 is 0. The molecule has 0 saturated carbocycles. The molecule has 14 heavy (non-hydrogen) atoms. The van der Waals surface area contributed by atoms with Crippen LogP contribution in [0.15, 0.2) is 6.20 Å². The van der Waals surface area contributed by atoms with Gasteiger partial charge in [-0.3, -0.25) is 4.79 Å². The molecule has 0 aromatic carbocycles. The van der Waals surface area contributed by atoms with Gasteiger partial charge >= 0.3 is 0 Å². The fourth-order valence-electron chi connectivity index (χ4n) is 1.36. The number of nitrogens with zero attached hydrogens (tertiary/aromatic N) is 2. The largest absolute Gasteiger partial charge is 0.350 e. The van der Waals surface area contributed by atoms with Crippen molar-refractivity contribution in [3.05, 3.63) is 11.9 Å². The SMILES string of the molecule is CC1(C(=O)NCc2cn[nH]n2)CNC1. The van der Waals surface area contributed by atoms with E-state index in [2.05, 4.69) is 26.0 Å². The first-order valence-corrected chi connectivity index (χ1v) is 4.54. The number of H-pyrrole nitrogens is 1. The number of hydrogen-bond acceptors (Lipinski definition) is 4. The Morgan fingerprint density at radius 1 is 1.71 bits per heavy atom. The number of hydrogen-bond donors (Lipinski definition) is 3. The number of carbonyl (C=O) groups is 1. The average molecular weight is 195 g/mol. The van der Waals surface area contributed by atoms with Crippen LogP contribution >= 0.6 is 0 Å². The maximum Gasteiger partial charge on any atom is 0.228 e. The molecule has 76 valence electrons. The first-order valence-electron chi connectivity index (χ1n) is 4.54. The molecule has 1 saturated heterocycles. The molecule has 1 aromatic rings. The van der Waals surface area contributed by atoms with E-state index < -0.39 is 0 Å². The lowest BCUT2D eigenvalue weighted by molar-refractivity contribution is -0.132. The minimum atomic E-state index is -0.246. The summed E-state index contributed by atoms with van der Waals surface area (Å²) in [4.78, 5) is 11.6. The number of amides is 1. The minimum Gasteiger partial charge on any atom is -0.350 e. The average Bonchev–Trinajstić information content (AvgIpc) is 2.62. The molecule has 2 rings (SSSR count). The second kappa shape index (κ2) is 3.38. The second-order valence-corrected chi connectivity index (χ2v) is 3.81. The third-order valence-electron chi connectivity index (χ3n) is 2.47. The van der Waals surface area contributed by atoms with Gasteiger partial charge in [0.25, 0.3) is 0 Å². The van der Waals surface area contributed by atoms with Gasteiger partial charge in [-0.1, -0.05) is 0 Å². The highest BCUT2D eigenvalue weighted by Crippen LogP contribution is 2.21. The van der Waals surface area contributed by atoms with Crippen LogP contribution in [0.3, 0.4) is 0 Å². The van der Waals surface area contributed by atoms with Crippen molar-refractivity contribution in [1.29, 1.82) is 0 Å². The van der Waals surface area contributed by atoms with Crippen LogP contribution in [0.4, 0.5) is 0 Å². The van der Waals surface area contributed by atoms with E-state index >= 15 is 0 Å². The quantitative estimate of drug-likeness (QED) is 0.579. The summed E-state index contributed by atoms with van der Waals surface area (Å²) in [6, 6.07) is 0. The topological polar surface area (TPSA) is 82.7 Å². The van der Waals surface area contributed by atoms with Crippen LogP contribution in [-0.4, -0.2) is 34.4 Å². The Morgan fingerprint density at radius 2 is 2.50 bits per heavy atom. The predicted molar refractivity (Wildman–Crippen MR) is 49.2 cm³/mol. The summed E-state index contributed by atoms with van der Waals surface area (Å²) in [6.45, 7) is 3.88. The third-order valence-corrected chi connectivity index (χ3v) is 2.47. The fraction of sp³-hybridized carbons (Fsp3) is 0.625. The van der Waals surface area contributed by atoms with Crippen molar-refractivity contribution in [2.75, 3.05) is 13.1 Å². The molecule has 0 aliphatic carbocycles. The van der Waals surface area contributed by atoms with E-state index in [0.29, 0.717) is 6.54 Å². The molecular weight excluding hydrogens is 182 g/mol. The van der Waals surface area contributed by atoms with Crippen LogP contribution in [0.2, 0.25) is 0 Å². The monoisotopic (exact) mass is 195 g/mol. The zero-order chi connectivity index (χ0) is 10.0.